The molecule has 0 bridgehead atoms. The Hall–Kier alpha value is -2.35. The smallest absolute Gasteiger partial charge is 0.358 e. The van der Waals surface area contributed by atoms with Gasteiger partial charge in [-0.05, 0) is 26.2 Å². The number of hydrogen-bond donors (Lipinski definition) is 1. The van der Waals surface area contributed by atoms with Gasteiger partial charge in [0, 0.05) is 24.8 Å². The van der Waals surface area contributed by atoms with Crippen molar-refractivity contribution in [3.05, 3.63) is 27.7 Å². The highest BCUT2D eigenvalue weighted by Crippen LogP contribution is 2.26. The molecule has 2 atom stereocenters. The molecule has 25 heavy (non-hydrogen) atoms. The molecule has 0 spiro atoms. The Kier molecular flexibility index (Phi) is 6.19. The number of methoxy groups -OCH3 is 3. The van der Waals surface area contributed by atoms with Gasteiger partial charge in [-0.25, -0.2) is 9.59 Å². The van der Waals surface area contributed by atoms with Gasteiger partial charge in [0.25, 0.3) is 0 Å². The molecule has 8 heteroatoms. The molecular formula is C17H24N2O6. The largest absolute Gasteiger partial charge is 0.491 e. The van der Waals surface area contributed by atoms with Gasteiger partial charge in [0.15, 0.2) is 11.4 Å². The zero-order valence-electron chi connectivity index (χ0n) is 15.0. The molecule has 0 amide bonds. The van der Waals surface area contributed by atoms with Gasteiger partial charge in [-0.15, -0.1) is 0 Å². The number of ether oxygens (including phenoxy) is 3. The summed E-state index contributed by atoms with van der Waals surface area (Å²) in [6, 6.07) is 0.227. The summed E-state index contributed by atoms with van der Waals surface area (Å²) < 4.78 is 16.3. The van der Waals surface area contributed by atoms with Crippen molar-refractivity contribution in [1.82, 2.24) is 9.88 Å². The third kappa shape index (κ3) is 3.84. The number of hydrogen-bond acceptors (Lipinski definition) is 7. The van der Waals surface area contributed by atoms with Crippen LogP contribution in [0.2, 0.25) is 0 Å². The van der Waals surface area contributed by atoms with Gasteiger partial charge in [-0.1, -0.05) is 0 Å². The van der Waals surface area contributed by atoms with Crippen LogP contribution in [-0.2, 0) is 9.47 Å². The third-order valence-corrected chi connectivity index (χ3v) is 4.45. The predicted octanol–water partition coefficient (Wildman–Crippen LogP) is 1.13. The molecule has 1 aliphatic rings. The van der Waals surface area contributed by atoms with Gasteiger partial charge in [-0.2, -0.15) is 0 Å². The van der Waals surface area contributed by atoms with Gasteiger partial charge in [0.2, 0.25) is 5.43 Å². The summed E-state index contributed by atoms with van der Waals surface area (Å²) in [6.45, 7) is 2.69. The van der Waals surface area contributed by atoms with E-state index in [9.17, 15) is 14.4 Å². The van der Waals surface area contributed by atoms with E-state index in [0.717, 1.165) is 19.3 Å². The van der Waals surface area contributed by atoms with Crippen LogP contribution in [-0.4, -0.2) is 50.4 Å². The summed E-state index contributed by atoms with van der Waals surface area (Å²) in [5, 5.41) is 3.38. The Bertz CT molecular complexity index is 712. The number of pyridine rings is 1. The molecule has 8 nitrogen and oxygen atoms in total. The number of rotatable bonds is 4. The first-order valence-corrected chi connectivity index (χ1v) is 8.17. The highest BCUT2D eigenvalue weighted by Gasteiger charge is 2.29. The number of carbonyl (C=O) groups is 2. The Labute approximate surface area is 146 Å². The highest BCUT2D eigenvalue weighted by atomic mass is 16.5. The minimum absolute atomic E-state index is 0.00371. The highest BCUT2D eigenvalue weighted by molar-refractivity contribution is 5.94. The van der Waals surface area contributed by atoms with Crippen molar-refractivity contribution in [2.75, 3.05) is 27.9 Å². The summed E-state index contributed by atoms with van der Waals surface area (Å²) in [4.78, 5) is 36.8. The fourth-order valence-corrected chi connectivity index (χ4v) is 3.08. The summed E-state index contributed by atoms with van der Waals surface area (Å²) in [5.41, 5.74) is -0.866. The van der Waals surface area contributed by atoms with Gasteiger partial charge < -0.3 is 24.1 Å². The molecule has 0 aliphatic carbocycles. The van der Waals surface area contributed by atoms with E-state index in [1.54, 1.807) is 4.57 Å². The van der Waals surface area contributed by atoms with Crippen LogP contribution in [0.15, 0.2) is 11.0 Å². The van der Waals surface area contributed by atoms with Gasteiger partial charge in [0.1, 0.15) is 5.56 Å². The molecule has 2 heterocycles. The lowest BCUT2D eigenvalue weighted by Crippen LogP contribution is -2.33. The zero-order chi connectivity index (χ0) is 18.6. The van der Waals surface area contributed by atoms with Crippen molar-refractivity contribution in [3.63, 3.8) is 0 Å². The van der Waals surface area contributed by atoms with Crippen LogP contribution in [0.3, 0.4) is 0 Å². The van der Waals surface area contributed by atoms with Crippen LogP contribution in [0.4, 0.5) is 0 Å². The fraction of sp³-hybridized carbons (Fsp3) is 0.588. The second-order valence-electron chi connectivity index (χ2n) is 6.04. The van der Waals surface area contributed by atoms with Crippen LogP contribution >= 0.6 is 0 Å². The van der Waals surface area contributed by atoms with Crippen molar-refractivity contribution in [2.45, 2.75) is 38.3 Å². The average Bonchev–Trinajstić information content (AvgIpc) is 2.84. The topological polar surface area (TPSA) is 95.9 Å². The van der Waals surface area contributed by atoms with Crippen molar-refractivity contribution < 1.29 is 23.8 Å². The van der Waals surface area contributed by atoms with Gasteiger partial charge >= 0.3 is 11.9 Å². The Morgan fingerprint density at radius 1 is 1.16 bits per heavy atom. The summed E-state index contributed by atoms with van der Waals surface area (Å²) in [5.74, 6) is -1.68. The van der Waals surface area contributed by atoms with Crippen molar-refractivity contribution >= 4 is 11.9 Å². The Morgan fingerprint density at radius 3 is 2.44 bits per heavy atom. The first-order chi connectivity index (χ1) is 11.9. The Balaban J connectivity index is 2.67. The molecule has 1 saturated heterocycles. The summed E-state index contributed by atoms with van der Waals surface area (Å²) >= 11 is 0. The van der Waals surface area contributed by atoms with Gasteiger partial charge in [-0.3, -0.25) is 4.79 Å². The maximum atomic E-state index is 12.5. The molecular weight excluding hydrogens is 328 g/mol. The maximum Gasteiger partial charge on any atom is 0.358 e. The normalized spacial score (nSPS) is 20.5. The van der Waals surface area contributed by atoms with Crippen LogP contribution < -0.4 is 15.5 Å². The zero-order valence-corrected chi connectivity index (χ0v) is 15.0. The first kappa shape index (κ1) is 19.0. The number of nitrogens with one attached hydrogen (secondary N) is 1. The molecule has 2 unspecified atom stereocenters. The molecule has 1 aromatic rings. The number of nitrogens with zero attached hydrogens (tertiary/aromatic N) is 1. The SMILES string of the molecule is COC(=O)c1cn(C2CCCC(C)NC2)c(C(=O)OC)c(OC)c1=O. The summed E-state index contributed by atoms with van der Waals surface area (Å²) in [6.07, 6.45) is 4.10. The molecule has 1 aliphatic heterocycles. The fourth-order valence-electron chi connectivity index (χ4n) is 3.08. The average molecular weight is 352 g/mol. The summed E-state index contributed by atoms with van der Waals surface area (Å²) in [7, 11) is 3.71. The predicted molar refractivity (Wildman–Crippen MR) is 90.3 cm³/mol. The standard InChI is InChI=1S/C17H24N2O6/c1-10-6-5-7-11(8-18-10)19-9-12(16(21)24-3)14(20)15(23-2)13(19)17(22)25-4/h9-11,18H,5-8H2,1-4H3. The van der Waals surface area contributed by atoms with E-state index in [1.165, 1.54) is 27.5 Å². The van der Waals surface area contributed by atoms with E-state index in [4.69, 9.17) is 9.47 Å². The Morgan fingerprint density at radius 2 is 1.84 bits per heavy atom. The molecule has 1 N–H and O–H groups in total. The molecule has 0 saturated carbocycles. The minimum Gasteiger partial charge on any atom is -0.491 e. The van der Waals surface area contributed by atoms with E-state index in [1.807, 2.05) is 0 Å². The minimum atomic E-state index is -0.775. The van der Waals surface area contributed by atoms with E-state index in [-0.39, 0.29) is 23.0 Å². The monoisotopic (exact) mass is 352 g/mol. The van der Waals surface area contributed by atoms with E-state index in [2.05, 4.69) is 17.0 Å². The third-order valence-electron chi connectivity index (χ3n) is 4.45. The van der Waals surface area contributed by atoms with Crippen molar-refractivity contribution in [3.8, 4) is 5.75 Å². The lowest BCUT2D eigenvalue weighted by molar-refractivity contribution is 0.0565. The second-order valence-corrected chi connectivity index (χ2v) is 6.04. The van der Waals surface area contributed by atoms with Crippen LogP contribution in [0, 0.1) is 0 Å². The lowest BCUT2D eigenvalue weighted by Gasteiger charge is -2.24. The quantitative estimate of drug-likeness (QED) is 0.812. The van der Waals surface area contributed by atoms with Crippen molar-refractivity contribution in [1.29, 1.82) is 0 Å². The molecule has 1 aromatic heterocycles. The van der Waals surface area contributed by atoms with E-state index in [0.29, 0.717) is 12.6 Å². The van der Waals surface area contributed by atoms with Crippen LogP contribution in [0.25, 0.3) is 0 Å². The number of esters is 2. The van der Waals surface area contributed by atoms with Gasteiger partial charge in [0.05, 0.1) is 21.3 Å². The van der Waals surface area contributed by atoms with Crippen LogP contribution in [0.1, 0.15) is 53.1 Å². The van der Waals surface area contributed by atoms with Crippen LogP contribution in [0.5, 0.6) is 5.75 Å². The number of carbonyl (C=O) groups excluding carboxylic acids is 2. The number of aromatic nitrogens is 1. The van der Waals surface area contributed by atoms with Crippen molar-refractivity contribution in [2.24, 2.45) is 0 Å². The first-order valence-electron chi connectivity index (χ1n) is 8.17. The molecule has 1 fully saturated rings. The maximum absolute atomic E-state index is 12.5. The van der Waals surface area contributed by atoms with E-state index >= 15 is 0 Å². The lowest BCUT2D eigenvalue weighted by atomic mass is 10.1. The molecule has 0 radical (unpaired) electrons. The molecule has 2 rings (SSSR count). The second kappa shape index (κ2) is 8.15. The van der Waals surface area contributed by atoms with E-state index < -0.39 is 17.4 Å². The molecule has 138 valence electrons. The molecule has 0 aromatic carbocycles.